The first-order valence-electron chi connectivity index (χ1n) is 24.3. The Hall–Kier alpha value is -8.09. The minimum absolute atomic E-state index is 0.0761. The number of urea groups is 1. The Morgan fingerprint density at radius 2 is 1.41 bits per heavy atom. The molecular formula is C59H57N5O9. The number of fused-ring (bicyclic) bond motifs is 3. The van der Waals surface area contributed by atoms with E-state index in [1.54, 1.807) is 74.5 Å². The molecule has 8 unspecified atom stereocenters. The number of aliphatic hydroxyl groups is 1. The van der Waals surface area contributed by atoms with Gasteiger partial charge in [-0.25, -0.2) is 14.5 Å². The zero-order valence-corrected chi connectivity index (χ0v) is 40.9. The Bertz CT molecular complexity index is 3040. The second kappa shape index (κ2) is 21.3. The first kappa shape index (κ1) is 49.9. The predicted molar refractivity (Wildman–Crippen MR) is 273 cm³/mol. The van der Waals surface area contributed by atoms with E-state index in [0.717, 1.165) is 10.5 Å². The van der Waals surface area contributed by atoms with Crippen molar-refractivity contribution >= 4 is 35.5 Å². The van der Waals surface area contributed by atoms with Crippen molar-refractivity contribution in [2.24, 2.45) is 11.8 Å². The number of anilines is 1. The molecule has 0 saturated carbocycles. The molecule has 3 aliphatic rings. The van der Waals surface area contributed by atoms with Crippen LogP contribution in [0, 0.1) is 23.7 Å². The van der Waals surface area contributed by atoms with Crippen molar-refractivity contribution in [1.29, 1.82) is 0 Å². The van der Waals surface area contributed by atoms with E-state index in [4.69, 9.17) is 9.47 Å². The Morgan fingerprint density at radius 1 is 0.795 bits per heavy atom. The molecule has 14 nitrogen and oxygen atoms in total. The highest BCUT2D eigenvalue weighted by Gasteiger charge is 2.75. The van der Waals surface area contributed by atoms with E-state index in [1.165, 1.54) is 19.2 Å². The molecule has 3 aliphatic heterocycles. The van der Waals surface area contributed by atoms with Gasteiger partial charge in [-0.3, -0.25) is 24.2 Å². The molecular weight excluding hydrogens is 923 g/mol. The summed E-state index contributed by atoms with van der Waals surface area (Å²) < 4.78 is 11.6. The minimum atomic E-state index is -2.16. The molecule has 3 heterocycles. The third-order valence-corrected chi connectivity index (χ3v) is 14.1. The van der Waals surface area contributed by atoms with Crippen LogP contribution in [-0.2, 0) is 40.6 Å². The molecule has 2 fully saturated rings. The van der Waals surface area contributed by atoms with Gasteiger partial charge in [0.1, 0.15) is 29.4 Å². The molecule has 0 bridgehead atoms. The number of aromatic hydroxyl groups is 1. The van der Waals surface area contributed by atoms with Crippen LogP contribution in [0.1, 0.15) is 77.1 Å². The van der Waals surface area contributed by atoms with Crippen molar-refractivity contribution in [3.8, 4) is 17.6 Å². The number of benzene rings is 6. The van der Waals surface area contributed by atoms with E-state index in [-0.39, 0.29) is 23.5 Å². The number of ether oxygens (including phenoxy) is 2. The lowest BCUT2D eigenvalue weighted by Gasteiger charge is -2.46. The number of phenolic OH excluding ortho intramolecular Hbond substituents is 1. The number of hydrogen-bond donors (Lipinski definition) is 4. The van der Waals surface area contributed by atoms with Crippen molar-refractivity contribution in [1.82, 2.24) is 20.4 Å². The average molecular weight is 980 g/mol. The molecule has 0 radical (unpaired) electrons. The highest BCUT2D eigenvalue weighted by Crippen LogP contribution is 2.66. The van der Waals surface area contributed by atoms with Gasteiger partial charge in [-0.15, -0.1) is 0 Å². The molecule has 14 heteroatoms. The molecule has 1 spiro atoms. The Balaban J connectivity index is 1.29. The van der Waals surface area contributed by atoms with Crippen LogP contribution < -0.4 is 15.5 Å². The van der Waals surface area contributed by atoms with E-state index in [2.05, 4.69) is 27.4 Å². The normalized spacial score (nSPS) is 21.9. The summed E-state index contributed by atoms with van der Waals surface area (Å²) in [5.74, 6) is 1.15. The number of rotatable bonds is 13. The van der Waals surface area contributed by atoms with E-state index in [1.807, 2.05) is 103 Å². The summed E-state index contributed by atoms with van der Waals surface area (Å²) in [7, 11) is 3.16. The summed E-state index contributed by atoms with van der Waals surface area (Å²) in [5, 5.41) is 28.0. The molecule has 6 aromatic rings. The Labute approximate surface area is 424 Å². The van der Waals surface area contributed by atoms with Crippen molar-refractivity contribution in [2.75, 3.05) is 32.1 Å². The number of carbonyl (C=O) groups excluding carboxylic acids is 5. The van der Waals surface area contributed by atoms with Gasteiger partial charge in [-0.05, 0) is 76.7 Å². The Kier molecular flexibility index (Phi) is 14.6. The number of methoxy groups -OCH3 is 1. The van der Waals surface area contributed by atoms with Crippen LogP contribution in [0.3, 0.4) is 0 Å². The fourth-order valence-corrected chi connectivity index (χ4v) is 10.8. The SMILES string of the molecule is COC(=O)C(NC(=O)N1C(=O)C2(c3cc(C#CCN(C)Cc4ccccc4)ccc31)C(C(=O)NCC(O)c1ccccc1)C1C(=O)OC(c3ccccc3)C(c3ccccc3)N1C2c1ccc(O)cc1)C(C)C. The number of hydrogen-bond acceptors (Lipinski definition) is 11. The minimum Gasteiger partial charge on any atom is -0.508 e. The van der Waals surface area contributed by atoms with Crippen molar-refractivity contribution in [3.63, 3.8) is 0 Å². The summed E-state index contributed by atoms with van der Waals surface area (Å²) in [6, 6.07) is 42.8. The van der Waals surface area contributed by atoms with Gasteiger partial charge in [0.05, 0.1) is 43.4 Å². The molecule has 9 rings (SSSR count). The van der Waals surface area contributed by atoms with Crippen LogP contribution in [0.15, 0.2) is 164 Å². The number of nitrogens with zero attached hydrogens (tertiary/aromatic N) is 3. The average Bonchev–Trinajstić information content (AvgIpc) is 3.90. The van der Waals surface area contributed by atoms with Crippen LogP contribution in [0.2, 0.25) is 0 Å². The fraction of sp³-hybridized carbons (Fsp3) is 0.271. The van der Waals surface area contributed by atoms with Gasteiger partial charge in [0.15, 0.2) is 0 Å². The quantitative estimate of drug-likeness (QED) is 0.0675. The van der Waals surface area contributed by atoms with Crippen LogP contribution in [-0.4, -0.2) is 89.1 Å². The number of imide groups is 1. The number of phenols is 1. The zero-order valence-electron chi connectivity index (χ0n) is 40.9. The van der Waals surface area contributed by atoms with Gasteiger partial charge in [0, 0.05) is 18.7 Å². The first-order valence-corrected chi connectivity index (χ1v) is 24.3. The van der Waals surface area contributed by atoms with Crippen LogP contribution in [0.5, 0.6) is 5.75 Å². The summed E-state index contributed by atoms with van der Waals surface area (Å²) in [5.41, 5.74) is 2.01. The number of amides is 4. The van der Waals surface area contributed by atoms with Gasteiger partial charge < -0.3 is 30.3 Å². The standard InChI is InChI=1S/C59H57N5O9/c1-37(2)49(55(68)72-4)61-58(71)63-46-32-27-38(20-17-33-62(3)36-39-18-9-5-10-19-39)34-45(46)59(57(63)70)48(54(67)60-35-47(66)40-21-11-6-12-22-40)51-56(69)73-52(42-25-15-8-16-26-42)50(41-23-13-7-14-24-41)64(51)53(59)43-28-30-44(65)31-29-43/h5-16,18-19,21-32,34,37,47-53,65-66H,33,35-36H2,1-4H3,(H,60,67)(H,61,71). The van der Waals surface area contributed by atoms with Crippen LogP contribution in [0.4, 0.5) is 10.5 Å². The van der Waals surface area contributed by atoms with Gasteiger partial charge in [0.25, 0.3) is 0 Å². The third-order valence-electron chi connectivity index (χ3n) is 14.1. The number of esters is 2. The van der Waals surface area contributed by atoms with E-state index >= 15 is 19.2 Å². The second-order valence-corrected chi connectivity index (χ2v) is 19.1. The van der Waals surface area contributed by atoms with Crippen molar-refractivity contribution in [3.05, 3.63) is 203 Å². The number of aliphatic hydroxyl groups excluding tert-OH is 1. The third kappa shape index (κ3) is 9.58. The van der Waals surface area contributed by atoms with Crippen molar-refractivity contribution in [2.45, 2.75) is 62.2 Å². The van der Waals surface area contributed by atoms with E-state index in [9.17, 15) is 15.0 Å². The summed E-state index contributed by atoms with van der Waals surface area (Å²) in [6.07, 6.45) is -2.16. The largest absolute Gasteiger partial charge is 0.508 e. The maximum absolute atomic E-state index is 16.6. The topological polar surface area (TPSA) is 178 Å². The number of nitrogens with one attached hydrogen (secondary N) is 2. The molecule has 6 aromatic carbocycles. The van der Waals surface area contributed by atoms with E-state index < -0.39 is 83.4 Å². The van der Waals surface area contributed by atoms with E-state index in [0.29, 0.717) is 40.9 Å². The molecule has 4 amide bonds. The molecule has 2 saturated heterocycles. The maximum atomic E-state index is 16.6. The number of carbonyl (C=O) groups is 5. The van der Waals surface area contributed by atoms with Crippen LogP contribution in [0.25, 0.3) is 0 Å². The molecule has 8 atom stereocenters. The summed E-state index contributed by atoms with van der Waals surface area (Å²) in [6.45, 7) is 4.14. The molecule has 4 N–H and O–H groups in total. The molecule has 0 aliphatic carbocycles. The monoisotopic (exact) mass is 979 g/mol. The molecule has 0 aromatic heterocycles. The van der Waals surface area contributed by atoms with Gasteiger partial charge in [0.2, 0.25) is 11.8 Å². The smallest absolute Gasteiger partial charge is 0.329 e. The van der Waals surface area contributed by atoms with Gasteiger partial charge >= 0.3 is 18.0 Å². The second-order valence-electron chi connectivity index (χ2n) is 19.1. The first-order chi connectivity index (χ1) is 35.3. The van der Waals surface area contributed by atoms with Gasteiger partial charge in [-0.2, -0.15) is 0 Å². The number of cyclic esters (lactones) is 1. The lowest BCUT2D eigenvalue weighted by Crippen LogP contribution is -2.58. The fourth-order valence-electron chi connectivity index (χ4n) is 10.8. The maximum Gasteiger partial charge on any atom is 0.329 e. The highest BCUT2D eigenvalue weighted by molar-refractivity contribution is 6.25. The lowest BCUT2D eigenvalue weighted by atomic mass is 9.65. The van der Waals surface area contributed by atoms with Gasteiger partial charge in [-0.1, -0.05) is 159 Å². The summed E-state index contributed by atoms with van der Waals surface area (Å²) in [4.78, 5) is 81.1. The molecule has 73 heavy (non-hydrogen) atoms. The van der Waals surface area contributed by atoms with Crippen LogP contribution >= 0.6 is 0 Å². The number of morpholine rings is 1. The van der Waals surface area contributed by atoms with Crippen molar-refractivity contribution < 1.29 is 43.7 Å². The highest BCUT2D eigenvalue weighted by atomic mass is 16.6. The summed E-state index contributed by atoms with van der Waals surface area (Å²) >= 11 is 0. The lowest BCUT2D eigenvalue weighted by molar-refractivity contribution is -0.178. The molecule has 372 valence electrons. The Morgan fingerprint density at radius 3 is 2.04 bits per heavy atom. The predicted octanol–water partition coefficient (Wildman–Crippen LogP) is 7.30. The zero-order chi connectivity index (χ0) is 51.4.